The van der Waals surface area contributed by atoms with E-state index in [1.165, 1.54) is 58.0 Å². The molecule has 4 aliphatic heterocycles. The Bertz CT molecular complexity index is 869. The number of hydrogen-bond donors (Lipinski definition) is 1. The molecule has 0 aromatic heterocycles. The Hall–Kier alpha value is -1.31. The summed E-state index contributed by atoms with van der Waals surface area (Å²) in [6.07, 6.45) is 9.73. The van der Waals surface area contributed by atoms with Gasteiger partial charge in [-0.1, -0.05) is 26.2 Å². The minimum atomic E-state index is 0. The molecule has 0 bridgehead atoms. The average molecular weight is 457 g/mol. The van der Waals surface area contributed by atoms with E-state index in [1.54, 1.807) is 0 Å². The van der Waals surface area contributed by atoms with Crippen molar-refractivity contribution in [3.05, 3.63) is 16.3 Å². The van der Waals surface area contributed by atoms with Gasteiger partial charge in [-0.2, -0.15) is 0 Å². The third kappa shape index (κ3) is 4.21. The maximum Gasteiger partial charge on any atom is 0.331 e. The van der Waals surface area contributed by atoms with Gasteiger partial charge in [0, 0.05) is 19.0 Å². The molecule has 1 atom stereocenters. The number of aromatic nitrogens is 4. The van der Waals surface area contributed by atoms with Gasteiger partial charge in [-0.15, -0.1) is 24.8 Å². The van der Waals surface area contributed by atoms with Crippen molar-refractivity contribution >= 4 is 30.6 Å². The molecule has 0 aromatic rings. The lowest BCUT2D eigenvalue weighted by molar-refractivity contribution is 0.218. The van der Waals surface area contributed by atoms with Crippen molar-refractivity contribution in [2.24, 2.45) is 0 Å². The highest BCUT2D eigenvalue weighted by atomic mass is 35.5. The number of nitrogens with one attached hydrogen (secondary N) is 1. The first-order valence-corrected chi connectivity index (χ1v) is 11.2. The van der Waals surface area contributed by atoms with Crippen LogP contribution in [0, 0.1) is 0 Å². The first-order valence-electron chi connectivity index (χ1n) is 11.2. The fourth-order valence-electron chi connectivity index (χ4n) is 5.28. The monoisotopic (exact) mass is 456 g/mol. The molecule has 2 fully saturated rings. The van der Waals surface area contributed by atoms with Crippen molar-refractivity contribution < 1.29 is 0 Å². The molecular formula is C21H34Cl2N6O. The van der Waals surface area contributed by atoms with Gasteiger partial charge in [-0.25, -0.2) is 14.8 Å². The van der Waals surface area contributed by atoms with Crippen LogP contribution in [0.4, 0.5) is 5.82 Å². The molecule has 7 nitrogen and oxygen atoms in total. The molecule has 5 aliphatic rings. The van der Waals surface area contributed by atoms with Gasteiger partial charge in [0.2, 0.25) is 0 Å². The van der Waals surface area contributed by atoms with Crippen LogP contribution in [0.3, 0.4) is 0 Å². The zero-order valence-corrected chi connectivity index (χ0v) is 19.4. The van der Waals surface area contributed by atoms with Crippen molar-refractivity contribution in [3.8, 4) is 11.5 Å². The summed E-state index contributed by atoms with van der Waals surface area (Å²) >= 11 is 0. The fourth-order valence-corrected chi connectivity index (χ4v) is 5.28. The second-order valence-electron chi connectivity index (χ2n) is 8.83. The number of rotatable bonds is 5. The quantitative estimate of drug-likeness (QED) is 0.741. The van der Waals surface area contributed by atoms with E-state index >= 15 is 0 Å². The van der Waals surface area contributed by atoms with Gasteiger partial charge < -0.3 is 10.2 Å². The molecular weight excluding hydrogens is 423 g/mol. The molecule has 0 spiro atoms. The molecule has 9 heteroatoms. The molecule has 1 aliphatic carbocycles. The average Bonchev–Trinajstić information content (AvgIpc) is 3.44. The summed E-state index contributed by atoms with van der Waals surface area (Å²) in [4.78, 5) is 25.6. The number of anilines is 1. The SMILES string of the molecule is CCCn1c2nc(C3CCCC3)nc-2c2n(c1=O)CC(CN1CCCCC1)N2.Cl.Cl. The Balaban J connectivity index is 0.00000128. The van der Waals surface area contributed by atoms with Crippen LogP contribution in [-0.2, 0) is 13.1 Å². The summed E-state index contributed by atoms with van der Waals surface area (Å²) < 4.78 is 3.77. The molecule has 1 saturated carbocycles. The topological polar surface area (TPSA) is 68.0 Å². The van der Waals surface area contributed by atoms with E-state index in [-0.39, 0.29) is 36.5 Å². The lowest BCUT2D eigenvalue weighted by Crippen LogP contribution is -2.39. The molecule has 168 valence electrons. The van der Waals surface area contributed by atoms with E-state index in [9.17, 15) is 4.79 Å². The molecule has 30 heavy (non-hydrogen) atoms. The highest BCUT2D eigenvalue weighted by molar-refractivity contribution is 5.85. The largest absolute Gasteiger partial charge is 0.364 e. The van der Waals surface area contributed by atoms with Crippen LogP contribution >= 0.6 is 24.8 Å². The van der Waals surface area contributed by atoms with Gasteiger partial charge in [-0.3, -0.25) is 9.13 Å². The summed E-state index contributed by atoms with van der Waals surface area (Å²) in [6.45, 7) is 6.90. The lowest BCUT2D eigenvalue weighted by atomic mass is 10.1. The highest BCUT2D eigenvalue weighted by Crippen LogP contribution is 2.37. The Morgan fingerprint density at radius 2 is 1.77 bits per heavy atom. The highest BCUT2D eigenvalue weighted by Gasteiger charge is 2.34. The summed E-state index contributed by atoms with van der Waals surface area (Å²) in [5.74, 6) is 3.09. The van der Waals surface area contributed by atoms with Gasteiger partial charge in [0.25, 0.3) is 0 Å². The van der Waals surface area contributed by atoms with E-state index in [0.29, 0.717) is 12.5 Å². The van der Waals surface area contributed by atoms with E-state index < -0.39 is 0 Å². The fraction of sp³-hybridized carbons (Fsp3) is 0.762. The number of nitrogens with zero attached hydrogens (tertiary/aromatic N) is 5. The van der Waals surface area contributed by atoms with Crippen LogP contribution in [0.25, 0.3) is 11.5 Å². The lowest BCUT2D eigenvalue weighted by Gasteiger charge is -2.28. The Kier molecular flexibility index (Phi) is 7.69. The summed E-state index contributed by atoms with van der Waals surface area (Å²) in [7, 11) is 0. The van der Waals surface area contributed by atoms with Crippen LogP contribution in [0.1, 0.15) is 70.0 Å². The number of fused-ring (bicyclic) bond motifs is 3. The van der Waals surface area contributed by atoms with Crippen LogP contribution < -0.4 is 11.0 Å². The van der Waals surface area contributed by atoms with E-state index in [0.717, 1.165) is 42.7 Å². The zero-order chi connectivity index (χ0) is 19.1. The first-order chi connectivity index (χ1) is 13.7. The number of halogens is 2. The Morgan fingerprint density at radius 1 is 1.03 bits per heavy atom. The predicted molar refractivity (Wildman–Crippen MR) is 125 cm³/mol. The Labute approximate surface area is 190 Å². The third-order valence-electron chi connectivity index (χ3n) is 6.71. The van der Waals surface area contributed by atoms with Crippen molar-refractivity contribution in [3.63, 3.8) is 0 Å². The van der Waals surface area contributed by atoms with Crippen molar-refractivity contribution in [2.45, 2.75) is 83.3 Å². The van der Waals surface area contributed by atoms with Crippen molar-refractivity contribution in [2.75, 3.05) is 25.0 Å². The van der Waals surface area contributed by atoms with Crippen molar-refractivity contribution in [1.82, 2.24) is 24.0 Å². The first kappa shape index (κ1) is 23.4. The normalized spacial score (nSPS) is 21.8. The van der Waals surface area contributed by atoms with E-state index in [2.05, 4.69) is 17.1 Å². The minimum Gasteiger partial charge on any atom is -0.364 e. The summed E-state index contributed by atoms with van der Waals surface area (Å²) in [5, 5.41) is 3.64. The number of piperidine rings is 1. The van der Waals surface area contributed by atoms with Crippen LogP contribution in [-0.4, -0.2) is 49.7 Å². The second kappa shape index (κ2) is 9.88. The smallest absolute Gasteiger partial charge is 0.331 e. The van der Waals surface area contributed by atoms with Gasteiger partial charge >= 0.3 is 5.69 Å². The molecule has 4 heterocycles. The second-order valence-corrected chi connectivity index (χ2v) is 8.83. The number of imidazole rings is 1. The predicted octanol–water partition coefficient (Wildman–Crippen LogP) is 3.74. The van der Waals surface area contributed by atoms with Crippen molar-refractivity contribution in [1.29, 1.82) is 0 Å². The van der Waals surface area contributed by atoms with Gasteiger partial charge in [0.15, 0.2) is 5.82 Å². The zero-order valence-electron chi connectivity index (χ0n) is 17.8. The molecule has 0 amide bonds. The van der Waals surface area contributed by atoms with Crippen LogP contribution in [0.2, 0.25) is 0 Å². The van der Waals surface area contributed by atoms with Gasteiger partial charge in [0.1, 0.15) is 17.3 Å². The van der Waals surface area contributed by atoms with Gasteiger partial charge in [-0.05, 0) is 45.2 Å². The summed E-state index contributed by atoms with van der Waals surface area (Å²) in [5.41, 5.74) is 0.965. The number of hydrogen-bond acceptors (Lipinski definition) is 5. The van der Waals surface area contributed by atoms with E-state index in [4.69, 9.17) is 9.97 Å². The molecule has 1 N–H and O–H groups in total. The van der Waals surface area contributed by atoms with Gasteiger partial charge in [0.05, 0.1) is 12.6 Å². The number of likely N-dealkylation sites (tertiary alicyclic amines) is 1. The Morgan fingerprint density at radius 3 is 2.47 bits per heavy atom. The maximum atomic E-state index is 13.2. The molecule has 0 aromatic carbocycles. The molecule has 1 unspecified atom stereocenters. The minimum absolute atomic E-state index is 0. The molecule has 1 saturated heterocycles. The summed E-state index contributed by atoms with van der Waals surface area (Å²) in [6, 6.07) is 0.276. The third-order valence-corrected chi connectivity index (χ3v) is 6.71. The van der Waals surface area contributed by atoms with Crippen LogP contribution in [0.5, 0.6) is 0 Å². The van der Waals surface area contributed by atoms with Crippen LogP contribution in [0.15, 0.2) is 4.79 Å². The van der Waals surface area contributed by atoms with E-state index in [1.807, 2.05) is 9.13 Å². The molecule has 5 rings (SSSR count). The standard InChI is InChI=1S/C21H32N6O.2ClH/c1-2-10-26-20-17(23-18(24-20)15-8-4-5-9-15)19-22-16(14-27(19)21(26)28)13-25-11-6-3-7-12-25;;/h15-16,22H,2-14H2,1H3;2*1H. The molecule has 0 radical (unpaired) electrons. The maximum absolute atomic E-state index is 13.2.